The molecule has 0 aliphatic carbocycles. The van der Waals surface area contributed by atoms with Crippen LogP contribution in [-0.2, 0) is 11.2 Å². The van der Waals surface area contributed by atoms with Crippen molar-refractivity contribution in [3.05, 3.63) is 70.5 Å². The van der Waals surface area contributed by atoms with Gasteiger partial charge in [0.15, 0.2) is 11.6 Å². The summed E-state index contributed by atoms with van der Waals surface area (Å²) in [6.45, 7) is 1.49. The summed E-state index contributed by atoms with van der Waals surface area (Å²) >= 11 is 0. The van der Waals surface area contributed by atoms with Crippen LogP contribution in [-0.4, -0.2) is 59.7 Å². The van der Waals surface area contributed by atoms with Crippen molar-refractivity contribution in [1.82, 2.24) is 9.80 Å². The summed E-state index contributed by atoms with van der Waals surface area (Å²) in [7, 11) is 0. The number of carbonyl (C=O) groups is 3. The molecule has 1 saturated heterocycles. The molecule has 0 unspecified atom stereocenters. The molecule has 3 rings (SSSR count). The van der Waals surface area contributed by atoms with Gasteiger partial charge in [-0.25, -0.2) is 13.2 Å². The van der Waals surface area contributed by atoms with Crippen molar-refractivity contribution in [1.29, 1.82) is 0 Å². The van der Waals surface area contributed by atoms with Gasteiger partial charge in [0.2, 0.25) is 11.8 Å². The van der Waals surface area contributed by atoms with Gasteiger partial charge in [0.1, 0.15) is 5.82 Å². The lowest BCUT2D eigenvalue weighted by Gasteiger charge is -2.23. The largest absolute Gasteiger partial charge is 0.366 e. The summed E-state index contributed by atoms with van der Waals surface area (Å²) < 4.78 is 40.3. The van der Waals surface area contributed by atoms with E-state index in [9.17, 15) is 27.6 Å². The molecule has 1 aliphatic rings. The number of hydrogen-bond acceptors (Lipinski definition) is 4. The lowest BCUT2D eigenvalue weighted by Crippen LogP contribution is -2.40. The lowest BCUT2D eigenvalue weighted by atomic mass is 10.0. The van der Waals surface area contributed by atoms with Crippen LogP contribution in [0.2, 0.25) is 0 Å². The molecular weight excluding hydrogens is 473 g/mol. The Morgan fingerprint density at radius 1 is 0.853 bits per heavy atom. The number of nitrogens with zero attached hydrogens (tertiary/aromatic N) is 2. The van der Waals surface area contributed by atoms with Gasteiger partial charge in [-0.05, 0) is 48.7 Å². The third kappa shape index (κ3) is 6.71. The first-order valence-corrected chi connectivity index (χ1v) is 10.5. The predicted octanol–water partition coefficient (Wildman–Crippen LogP) is 2.26. The molecule has 0 saturated carbocycles. The maximum Gasteiger partial charge on any atom is 0.253 e. The highest BCUT2D eigenvalue weighted by Gasteiger charge is 2.24. The van der Waals surface area contributed by atoms with Gasteiger partial charge in [-0.3, -0.25) is 14.4 Å². The second-order valence-electron chi connectivity index (χ2n) is 7.99. The Morgan fingerprint density at radius 3 is 2.06 bits per heavy atom. The minimum Gasteiger partial charge on any atom is -0.366 e. The maximum atomic E-state index is 13.8. The molecule has 7 nitrogen and oxygen atoms in total. The standard InChI is InChI=1S/C23H25F3N4O3.ClH/c24-18-13-20(26)19(25)11-16(18)10-17(27)12-21(31)29-6-1-7-30(9-8-29)23(33)15-4-2-14(3-5-15)22(28)32;/h2-5,11,13,17H,1,6-10,12,27H2,(H2,28,32);1H/t17-;/m1./s1. The molecule has 0 bridgehead atoms. The van der Waals surface area contributed by atoms with E-state index in [1.165, 1.54) is 24.3 Å². The Hall–Kier alpha value is -3.11. The van der Waals surface area contributed by atoms with Gasteiger partial charge >= 0.3 is 0 Å². The highest BCUT2D eigenvalue weighted by molar-refractivity contribution is 5.97. The van der Waals surface area contributed by atoms with E-state index < -0.39 is 29.4 Å². The van der Waals surface area contributed by atoms with Crippen molar-refractivity contribution in [3.63, 3.8) is 0 Å². The Balaban J connectivity index is 0.00000408. The molecule has 3 amide bonds. The van der Waals surface area contributed by atoms with Crippen molar-refractivity contribution in [2.45, 2.75) is 25.3 Å². The topological polar surface area (TPSA) is 110 Å². The fourth-order valence-electron chi connectivity index (χ4n) is 3.76. The Bertz CT molecular complexity index is 1050. The second-order valence-corrected chi connectivity index (χ2v) is 7.99. The molecule has 2 aromatic carbocycles. The average molecular weight is 499 g/mol. The molecule has 0 aromatic heterocycles. The zero-order valence-corrected chi connectivity index (χ0v) is 19.1. The van der Waals surface area contributed by atoms with Crippen LogP contribution in [0.15, 0.2) is 36.4 Å². The van der Waals surface area contributed by atoms with Crippen LogP contribution in [0.25, 0.3) is 0 Å². The Labute approximate surface area is 201 Å². The van der Waals surface area contributed by atoms with E-state index in [-0.39, 0.29) is 42.6 Å². The molecule has 4 N–H and O–H groups in total. The third-order valence-electron chi connectivity index (χ3n) is 5.56. The minimum atomic E-state index is -1.28. The number of amides is 3. The highest BCUT2D eigenvalue weighted by atomic mass is 35.5. The summed E-state index contributed by atoms with van der Waals surface area (Å²) in [4.78, 5) is 39.8. The Kier molecular flexibility index (Phi) is 9.46. The summed E-state index contributed by atoms with van der Waals surface area (Å²) in [5.41, 5.74) is 11.8. The monoisotopic (exact) mass is 498 g/mol. The smallest absolute Gasteiger partial charge is 0.253 e. The zero-order valence-electron chi connectivity index (χ0n) is 18.3. The van der Waals surface area contributed by atoms with Gasteiger partial charge in [-0.15, -0.1) is 12.4 Å². The van der Waals surface area contributed by atoms with Gasteiger partial charge in [-0.2, -0.15) is 0 Å². The van der Waals surface area contributed by atoms with Crippen molar-refractivity contribution in [3.8, 4) is 0 Å². The molecule has 2 aromatic rings. The molecular formula is C23H26ClF3N4O3. The number of rotatable bonds is 6. The molecule has 0 spiro atoms. The van der Waals surface area contributed by atoms with Crippen molar-refractivity contribution in [2.24, 2.45) is 11.5 Å². The summed E-state index contributed by atoms with van der Waals surface area (Å²) in [5, 5.41) is 0. The van der Waals surface area contributed by atoms with E-state index in [1.807, 2.05) is 0 Å². The van der Waals surface area contributed by atoms with Gasteiger partial charge < -0.3 is 21.3 Å². The van der Waals surface area contributed by atoms with Gasteiger partial charge in [0.25, 0.3) is 5.91 Å². The van der Waals surface area contributed by atoms with Crippen molar-refractivity contribution >= 4 is 30.1 Å². The molecule has 184 valence electrons. The van der Waals surface area contributed by atoms with E-state index in [0.29, 0.717) is 49.8 Å². The Morgan fingerprint density at radius 2 is 1.41 bits per heavy atom. The number of carbonyl (C=O) groups excluding carboxylic acids is 3. The summed E-state index contributed by atoms with van der Waals surface area (Å²) in [6, 6.07) is 6.48. The van der Waals surface area contributed by atoms with Crippen LogP contribution in [0.3, 0.4) is 0 Å². The summed E-state index contributed by atoms with van der Waals surface area (Å²) in [5.74, 6) is -4.43. The van der Waals surface area contributed by atoms with E-state index >= 15 is 0 Å². The first-order valence-electron chi connectivity index (χ1n) is 10.5. The normalized spacial score (nSPS) is 14.7. The highest BCUT2D eigenvalue weighted by Crippen LogP contribution is 2.17. The van der Waals surface area contributed by atoms with Gasteiger partial charge in [-0.1, -0.05) is 0 Å². The van der Waals surface area contributed by atoms with E-state index in [4.69, 9.17) is 11.5 Å². The lowest BCUT2D eigenvalue weighted by molar-refractivity contribution is -0.131. The molecule has 34 heavy (non-hydrogen) atoms. The molecule has 11 heteroatoms. The molecule has 1 heterocycles. The van der Waals surface area contributed by atoms with E-state index in [0.717, 1.165) is 6.07 Å². The van der Waals surface area contributed by atoms with Crippen LogP contribution in [0.5, 0.6) is 0 Å². The van der Waals surface area contributed by atoms with Crippen LogP contribution < -0.4 is 11.5 Å². The van der Waals surface area contributed by atoms with E-state index in [1.54, 1.807) is 9.80 Å². The molecule has 1 atom stereocenters. The van der Waals surface area contributed by atoms with Gasteiger partial charge in [0, 0.05) is 55.8 Å². The second kappa shape index (κ2) is 11.8. The fourth-order valence-corrected chi connectivity index (χ4v) is 3.76. The first-order chi connectivity index (χ1) is 15.7. The number of hydrogen-bond donors (Lipinski definition) is 2. The number of benzene rings is 2. The van der Waals surface area contributed by atoms with E-state index in [2.05, 4.69) is 0 Å². The molecule has 1 fully saturated rings. The minimum absolute atomic E-state index is 0. The predicted molar refractivity (Wildman–Crippen MR) is 122 cm³/mol. The van der Waals surface area contributed by atoms with Crippen LogP contribution >= 0.6 is 12.4 Å². The molecule has 0 radical (unpaired) electrons. The number of nitrogens with two attached hydrogens (primary N) is 2. The maximum absolute atomic E-state index is 13.8. The van der Waals surface area contributed by atoms with Crippen molar-refractivity contribution in [2.75, 3.05) is 26.2 Å². The van der Waals surface area contributed by atoms with Crippen LogP contribution in [0, 0.1) is 17.5 Å². The van der Waals surface area contributed by atoms with Gasteiger partial charge in [0.05, 0.1) is 0 Å². The summed E-state index contributed by atoms with van der Waals surface area (Å²) in [6.07, 6.45) is 0.347. The van der Waals surface area contributed by atoms with Crippen molar-refractivity contribution < 1.29 is 27.6 Å². The van der Waals surface area contributed by atoms with Crippen LogP contribution in [0.1, 0.15) is 39.1 Å². The first kappa shape index (κ1) is 27.1. The third-order valence-corrected chi connectivity index (χ3v) is 5.56. The SMILES string of the molecule is Cl.NC(=O)c1ccc(C(=O)N2CCCN(C(=O)C[C@H](N)Cc3cc(F)c(F)cc3F)CC2)cc1. The number of halogens is 4. The molecule has 1 aliphatic heterocycles. The average Bonchev–Trinajstić information content (AvgIpc) is 3.03. The van der Waals surface area contributed by atoms with Crippen LogP contribution in [0.4, 0.5) is 13.2 Å². The fraction of sp³-hybridized carbons (Fsp3) is 0.348. The zero-order chi connectivity index (χ0) is 24.1. The quantitative estimate of drug-likeness (QED) is 0.595. The number of primary amides is 1.